The second kappa shape index (κ2) is 6.90. The molecule has 0 fully saturated rings. The average molecular weight is 366 g/mol. The third-order valence-electron chi connectivity index (χ3n) is 4.02. The maximum atomic E-state index is 6.04. The highest BCUT2D eigenvalue weighted by molar-refractivity contribution is 7.98. The van der Waals surface area contributed by atoms with Crippen molar-refractivity contribution >= 4 is 34.4 Å². The van der Waals surface area contributed by atoms with Crippen LogP contribution in [0.4, 0.5) is 0 Å². The number of pyridine rings is 1. The quantitative estimate of drug-likeness (QED) is 0.436. The predicted molar refractivity (Wildman–Crippen MR) is 105 cm³/mol. The van der Waals surface area contributed by atoms with E-state index in [0.29, 0.717) is 0 Å². The van der Waals surface area contributed by atoms with E-state index in [-0.39, 0.29) is 0 Å². The first-order valence-electron chi connectivity index (χ1n) is 7.97. The number of aryl methyl sites for hydroxylation is 1. The summed E-state index contributed by atoms with van der Waals surface area (Å²) in [6.07, 6.45) is 3.60. The van der Waals surface area contributed by atoms with Crippen LogP contribution in [0.5, 0.6) is 0 Å². The van der Waals surface area contributed by atoms with Crippen LogP contribution < -0.4 is 0 Å². The number of nitrogens with zero attached hydrogens (tertiary/aromatic N) is 3. The number of aromatic nitrogens is 3. The Labute approximate surface area is 155 Å². The minimum absolute atomic E-state index is 0.775. The number of hydrogen-bond acceptors (Lipinski definition) is 3. The topological polar surface area (TPSA) is 30.7 Å². The van der Waals surface area contributed by atoms with Crippen LogP contribution in [-0.2, 0) is 5.75 Å². The van der Waals surface area contributed by atoms with Crippen molar-refractivity contribution in [1.29, 1.82) is 0 Å². The first-order valence-corrected chi connectivity index (χ1v) is 9.34. The number of fused-ring (bicyclic) bond motifs is 1. The van der Waals surface area contributed by atoms with Crippen molar-refractivity contribution in [2.24, 2.45) is 0 Å². The van der Waals surface area contributed by atoms with Crippen LogP contribution in [0.15, 0.2) is 71.9 Å². The van der Waals surface area contributed by atoms with Crippen LogP contribution >= 0.6 is 23.4 Å². The van der Waals surface area contributed by atoms with Crippen molar-refractivity contribution in [2.45, 2.75) is 17.6 Å². The van der Waals surface area contributed by atoms with E-state index in [1.54, 1.807) is 24.2 Å². The summed E-state index contributed by atoms with van der Waals surface area (Å²) < 4.78 is 2.16. The highest BCUT2D eigenvalue weighted by Gasteiger charge is 2.09. The molecule has 0 radical (unpaired) electrons. The molecule has 3 nitrogen and oxygen atoms in total. The molecule has 0 aliphatic heterocycles. The zero-order chi connectivity index (χ0) is 17.2. The number of rotatable bonds is 4. The molecule has 2 heterocycles. The Morgan fingerprint density at radius 2 is 1.92 bits per heavy atom. The molecule has 4 aromatic rings. The molecule has 2 aromatic heterocycles. The molecule has 4 rings (SSSR count). The second-order valence-electron chi connectivity index (χ2n) is 5.77. The highest BCUT2D eigenvalue weighted by Crippen LogP contribution is 2.26. The first-order chi connectivity index (χ1) is 12.2. The summed E-state index contributed by atoms with van der Waals surface area (Å²) in [7, 11) is 0. The van der Waals surface area contributed by atoms with Gasteiger partial charge in [-0.25, -0.2) is 4.98 Å². The summed E-state index contributed by atoms with van der Waals surface area (Å²) in [4.78, 5) is 9.91. The lowest BCUT2D eigenvalue weighted by atomic mass is 10.2. The molecule has 0 saturated heterocycles. The van der Waals surface area contributed by atoms with Gasteiger partial charge in [0.05, 0.1) is 11.7 Å². The molecule has 124 valence electrons. The van der Waals surface area contributed by atoms with Crippen LogP contribution in [0.25, 0.3) is 16.7 Å². The monoisotopic (exact) mass is 365 g/mol. The van der Waals surface area contributed by atoms with Crippen LogP contribution in [0.3, 0.4) is 0 Å². The number of hydrogen-bond donors (Lipinski definition) is 0. The van der Waals surface area contributed by atoms with Gasteiger partial charge in [-0.15, -0.1) is 11.8 Å². The molecule has 0 atom stereocenters. The van der Waals surface area contributed by atoms with Gasteiger partial charge in [-0.05, 0) is 48.9 Å². The average Bonchev–Trinajstić information content (AvgIpc) is 2.96. The fraction of sp³-hybridized carbons (Fsp3) is 0.100. The van der Waals surface area contributed by atoms with Crippen molar-refractivity contribution in [3.8, 4) is 5.69 Å². The number of halogens is 1. The molecule has 0 N–H and O–H groups in total. The molecule has 0 amide bonds. The van der Waals surface area contributed by atoms with Crippen molar-refractivity contribution in [1.82, 2.24) is 14.5 Å². The Morgan fingerprint density at radius 1 is 1.08 bits per heavy atom. The minimum Gasteiger partial charge on any atom is -0.296 e. The molecule has 0 spiro atoms. The van der Waals surface area contributed by atoms with Crippen LogP contribution in [0, 0.1) is 6.92 Å². The van der Waals surface area contributed by atoms with Gasteiger partial charge in [0.2, 0.25) is 0 Å². The van der Waals surface area contributed by atoms with Gasteiger partial charge in [0, 0.05) is 27.6 Å². The van der Waals surface area contributed by atoms with Gasteiger partial charge in [0.25, 0.3) is 0 Å². The summed E-state index contributed by atoms with van der Waals surface area (Å²) in [5.74, 6) is 1.87. The van der Waals surface area contributed by atoms with Crippen molar-refractivity contribution in [2.75, 3.05) is 0 Å². The third kappa shape index (κ3) is 3.41. The van der Waals surface area contributed by atoms with Gasteiger partial charge < -0.3 is 0 Å². The molecular weight excluding hydrogens is 350 g/mol. The van der Waals surface area contributed by atoms with Gasteiger partial charge in [-0.2, -0.15) is 0 Å². The molecule has 0 aliphatic carbocycles. The lowest BCUT2D eigenvalue weighted by molar-refractivity contribution is 1.000. The van der Waals surface area contributed by atoms with E-state index < -0.39 is 0 Å². The van der Waals surface area contributed by atoms with Gasteiger partial charge in [0.15, 0.2) is 0 Å². The third-order valence-corrected chi connectivity index (χ3v) is 5.32. The van der Waals surface area contributed by atoms with Crippen LogP contribution in [-0.4, -0.2) is 14.5 Å². The minimum atomic E-state index is 0.775. The molecule has 0 aliphatic rings. The maximum Gasteiger partial charge on any atom is 0.111 e. The van der Waals surface area contributed by atoms with E-state index in [0.717, 1.165) is 33.3 Å². The number of benzene rings is 2. The van der Waals surface area contributed by atoms with Crippen LogP contribution in [0.1, 0.15) is 11.4 Å². The highest BCUT2D eigenvalue weighted by atomic mass is 35.5. The first kappa shape index (κ1) is 16.2. The smallest absolute Gasteiger partial charge is 0.111 e. The van der Waals surface area contributed by atoms with E-state index in [1.165, 1.54) is 10.5 Å². The van der Waals surface area contributed by atoms with E-state index in [1.807, 2.05) is 31.2 Å². The zero-order valence-corrected chi connectivity index (χ0v) is 15.3. The molecular formula is C20H16ClN3S. The lowest BCUT2D eigenvalue weighted by Gasteiger charge is -2.08. The van der Waals surface area contributed by atoms with Gasteiger partial charge in [0.1, 0.15) is 11.3 Å². The van der Waals surface area contributed by atoms with Crippen LogP contribution in [0.2, 0.25) is 5.02 Å². The zero-order valence-electron chi connectivity index (χ0n) is 13.7. The standard InChI is InChI=1S/C20H16ClN3S/c1-14-23-19-12-22-10-9-20(19)24(14)17-7-5-15(6-8-17)13-25-18-4-2-3-16(21)11-18/h2-12H,13H2,1H3. The summed E-state index contributed by atoms with van der Waals surface area (Å²) >= 11 is 7.83. The summed E-state index contributed by atoms with van der Waals surface area (Å²) in [5, 5.41) is 0.775. The Hall–Kier alpha value is -2.30. The SMILES string of the molecule is Cc1nc2cnccc2n1-c1ccc(CSc2cccc(Cl)c2)cc1. The van der Waals surface area contributed by atoms with Crippen molar-refractivity contribution in [3.63, 3.8) is 0 Å². The summed E-state index contributed by atoms with van der Waals surface area (Å²) in [5.41, 5.74) is 4.38. The molecule has 25 heavy (non-hydrogen) atoms. The Balaban J connectivity index is 1.56. The lowest BCUT2D eigenvalue weighted by Crippen LogP contribution is -1.97. The second-order valence-corrected chi connectivity index (χ2v) is 7.26. The largest absolute Gasteiger partial charge is 0.296 e. The fourth-order valence-electron chi connectivity index (χ4n) is 2.84. The summed E-state index contributed by atoms with van der Waals surface area (Å²) in [6.45, 7) is 2.02. The van der Waals surface area contributed by atoms with E-state index in [2.05, 4.69) is 44.9 Å². The molecule has 0 bridgehead atoms. The Morgan fingerprint density at radius 3 is 2.72 bits per heavy atom. The molecule has 0 unspecified atom stereocenters. The molecule has 2 aromatic carbocycles. The summed E-state index contributed by atoms with van der Waals surface area (Å²) in [6, 6.07) is 18.6. The Kier molecular flexibility index (Phi) is 4.47. The van der Waals surface area contributed by atoms with Gasteiger partial charge in [-0.1, -0.05) is 29.8 Å². The number of thioether (sulfide) groups is 1. The van der Waals surface area contributed by atoms with Gasteiger partial charge >= 0.3 is 0 Å². The number of imidazole rings is 1. The van der Waals surface area contributed by atoms with Gasteiger partial charge in [-0.3, -0.25) is 9.55 Å². The van der Waals surface area contributed by atoms with E-state index in [4.69, 9.17) is 11.6 Å². The molecule has 5 heteroatoms. The normalized spacial score (nSPS) is 11.1. The molecule has 0 saturated carbocycles. The van der Waals surface area contributed by atoms with E-state index in [9.17, 15) is 0 Å². The predicted octanol–water partition coefficient (Wildman–Crippen LogP) is 5.67. The fourth-order valence-corrected chi connectivity index (χ4v) is 4.01. The van der Waals surface area contributed by atoms with Crippen molar-refractivity contribution < 1.29 is 0 Å². The maximum absolute atomic E-state index is 6.04. The van der Waals surface area contributed by atoms with E-state index >= 15 is 0 Å². The Bertz CT molecular complexity index is 1020. The van der Waals surface area contributed by atoms with Crippen molar-refractivity contribution in [3.05, 3.63) is 83.4 Å².